The molecule has 0 bridgehead atoms. The van der Waals surface area contributed by atoms with Crippen LogP contribution in [0.1, 0.15) is 19.8 Å². The Morgan fingerprint density at radius 1 is 1.39 bits per heavy atom. The van der Waals surface area contributed by atoms with Gasteiger partial charge < -0.3 is 11.1 Å². The van der Waals surface area contributed by atoms with Crippen LogP contribution in [-0.4, -0.2) is 20.4 Å². The topological polar surface area (TPSA) is 123 Å². The van der Waals surface area contributed by atoms with Crippen molar-refractivity contribution in [1.29, 1.82) is 0 Å². The monoisotopic (exact) mass is 397 g/mol. The van der Waals surface area contributed by atoms with Gasteiger partial charge in [-0.3, -0.25) is 19.1 Å². The lowest BCUT2D eigenvalue weighted by Crippen LogP contribution is -2.32. The second-order valence-electron chi connectivity index (χ2n) is 6.65. The summed E-state index contributed by atoms with van der Waals surface area (Å²) in [7, 11) is 0. The lowest BCUT2D eigenvalue weighted by molar-refractivity contribution is -0.117. The van der Waals surface area contributed by atoms with Crippen molar-refractivity contribution in [3.8, 4) is 21.8 Å². The van der Waals surface area contributed by atoms with Crippen molar-refractivity contribution in [2.75, 3.05) is 11.1 Å². The van der Waals surface area contributed by atoms with Gasteiger partial charge in [0.15, 0.2) is 0 Å². The maximum Gasteiger partial charge on any atom is 0.329 e. The van der Waals surface area contributed by atoms with Crippen molar-refractivity contribution < 1.29 is 4.79 Å². The van der Waals surface area contributed by atoms with Crippen LogP contribution < -0.4 is 22.3 Å². The Kier molecular flexibility index (Phi) is 4.60. The van der Waals surface area contributed by atoms with Gasteiger partial charge in [-0.05, 0) is 31.9 Å². The number of aromatic amines is 1. The highest BCUT2D eigenvalue weighted by Crippen LogP contribution is 2.32. The first kappa shape index (κ1) is 18.2. The number of nitrogens with one attached hydrogen (secondary N) is 2. The summed E-state index contributed by atoms with van der Waals surface area (Å²) < 4.78 is 1.30. The van der Waals surface area contributed by atoms with E-state index in [1.165, 1.54) is 15.9 Å². The molecule has 1 aliphatic carbocycles. The van der Waals surface area contributed by atoms with Gasteiger partial charge in [-0.25, -0.2) is 9.78 Å². The largest absolute Gasteiger partial charge is 0.384 e. The number of nitrogens with two attached hydrogens (primary N) is 1. The second-order valence-corrected chi connectivity index (χ2v) is 7.50. The van der Waals surface area contributed by atoms with Crippen LogP contribution in [0.4, 0.5) is 11.5 Å². The van der Waals surface area contributed by atoms with Gasteiger partial charge in [-0.15, -0.1) is 11.3 Å². The summed E-state index contributed by atoms with van der Waals surface area (Å²) in [5, 5.41) is 5.33. The Labute approximate surface area is 164 Å². The van der Waals surface area contributed by atoms with E-state index in [4.69, 9.17) is 5.73 Å². The van der Waals surface area contributed by atoms with Crippen LogP contribution in [0.3, 0.4) is 0 Å². The zero-order valence-corrected chi connectivity index (χ0v) is 16.0. The maximum atomic E-state index is 12.3. The summed E-state index contributed by atoms with van der Waals surface area (Å²) in [6.07, 6.45) is 1.88. The van der Waals surface area contributed by atoms with Gasteiger partial charge in [-0.1, -0.05) is 12.1 Å². The van der Waals surface area contributed by atoms with E-state index in [0.717, 1.165) is 18.4 Å². The van der Waals surface area contributed by atoms with Crippen molar-refractivity contribution in [1.82, 2.24) is 14.5 Å². The molecule has 9 heteroatoms. The maximum absolute atomic E-state index is 12.3. The van der Waals surface area contributed by atoms with Crippen LogP contribution in [0.15, 0.2) is 39.2 Å². The standard InChI is InChI=1S/C19H19N5O3S/c1-2-24-15(20)14(17(26)23-19(24)27)13-9-28-18(22-13)11-4-3-5-12(8-11)21-16(25)10-6-7-10/h3-5,8-10H,2,6-7,20H2,1H3,(H,21,25)(H,23,26,27). The third-order valence-electron chi connectivity index (χ3n) is 4.64. The van der Waals surface area contributed by atoms with Crippen LogP contribution in [0.5, 0.6) is 0 Å². The fourth-order valence-electron chi connectivity index (χ4n) is 2.99. The summed E-state index contributed by atoms with van der Waals surface area (Å²) in [6, 6.07) is 7.41. The lowest BCUT2D eigenvalue weighted by Gasteiger charge is -2.09. The predicted octanol–water partition coefficient (Wildman–Crippen LogP) is 2.28. The zero-order chi connectivity index (χ0) is 19.8. The van der Waals surface area contributed by atoms with Gasteiger partial charge in [0.1, 0.15) is 16.4 Å². The molecule has 1 saturated carbocycles. The number of aromatic nitrogens is 3. The third-order valence-corrected chi connectivity index (χ3v) is 5.53. The Balaban J connectivity index is 1.68. The van der Waals surface area contributed by atoms with E-state index in [-0.39, 0.29) is 23.2 Å². The molecule has 1 aliphatic rings. The highest BCUT2D eigenvalue weighted by Gasteiger charge is 2.29. The van der Waals surface area contributed by atoms with E-state index >= 15 is 0 Å². The molecule has 144 valence electrons. The van der Waals surface area contributed by atoms with Crippen molar-refractivity contribution in [3.63, 3.8) is 0 Å². The van der Waals surface area contributed by atoms with E-state index in [0.29, 0.717) is 22.9 Å². The van der Waals surface area contributed by atoms with E-state index < -0.39 is 11.2 Å². The Bertz CT molecular complexity index is 1170. The Morgan fingerprint density at radius 2 is 2.18 bits per heavy atom. The molecule has 0 radical (unpaired) electrons. The summed E-state index contributed by atoms with van der Waals surface area (Å²) >= 11 is 1.36. The average molecular weight is 397 g/mol. The second kappa shape index (κ2) is 7.08. The number of nitrogens with zero attached hydrogens (tertiary/aromatic N) is 2. The number of carbonyl (C=O) groups excluding carboxylic acids is 1. The van der Waals surface area contributed by atoms with Gasteiger partial charge in [0.25, 0.3) is 5.56 Å². The molecule has 1 fully saturated rings. The molecular formula is C19H19N5O3S. The van der Waals surface area contributed by atoms with Crippen LogP contribution in [0, 0.1) is 5.92 Å². The first-order valence-electron chi connectivity index (χ1n) is 8.97. The highest BCUT2D eigenvalue weighted by atomic mass is 32.1. The zero-order valence-electron chi connectivity index (χ0n) is 15.2. The molecular weight excluding hydrogens is 378 g/mol. The van der Waals surface area contributed by atoms with E-state index in [2.05, 4.69) is 15.3 Å². The van der Waals surface area contributed by atoms with Crippen LogP contribution in [-0.2, 0) is 11.3 Å². The number of hydrogen-bond donors (Lipinski definition) is 3. The number of hydrogen-bond acceptors (Lipinski definition) is 6. The van der Waals surface area contributed by atoms with Gasteiger partial charge in [-0.2, -0.15) is 0 Å². The number of amides is 1. The molecule has 0 saturated heterocycles. The molecule has 1 amide bonds. The minimum Gasteiger partial charge on any atom is -0.384 e. The number of benzene rings is 1. The summed E-state index contributed by atoms with van der Waals surface area (Å²) in [6.45, 7) is 2.11. The molecule has 4 N–H and O–H groups in total. The molecule has 2 heterocycles. The normalized spacial score (nSPS) is 13.5. The molecule has 0 unspecified atom stereocenters. The molecule has 4 rings (SSSR count). The Hall–Kier alpha value is -3.20. The lowest BCUT2D eigenvalue weighted by atomic mass is 10.2. The summed E-state index contributed by atoms with van der Waals surface area (Å²) in [4.78, 5) is 42.9. The molecule has 28 heavy (non-hydrogen) atoms. The van der Waals surface area contributed by atoms with Crippen molar-refractivity contribution in [3.05, 3.63) is 50.5 Å². The van der Waals surface area contributed by atoms with Crippen LogP contribution in [0.25, 0.3) is 21.8 Å². The molecule has 2 aromatic heterocycles. The molecule has 8 nitrogen and oxygen atoms in total. The quantitative estimate of drug-likeness (QED) is 0.609. The predicted molar refractivity (Wildman–Crippen MR) is 109 cm³/mol. The fourth-order valence-corrected chi connectivity index (χ4v) is 3.80. The van der Waals surface area contributed by atoms with Crippen LogP contribution in [0.2, 0.25) is 0 Å². The van der Waals surface area contributed by atoms with Gasteiger partial charge in [0.05, 0.1) is 5.69 Å². The summed E-state index contributed by atoms with van der Waals surface area (Å²) in [5.74, 6) is 0.260. The number of rotatable bonds is 5. The smallest absolute Gasteiger partial charge is 0.329 e. The minimum absolute atomic E-state index is 0.0399. The van der Waals surface area contributed by atoms with Gasteiger partial charge >= 0.3 is 5.69 Å². The van der Waals surface area contributed by atoms with Crippen molar-refractivity contribution in [2.24, 2.45) is 5.92 Å². The molecule has 3 aromatic rings. The number of nitrogen functional groups attached to an aromatic ring is 1. The number of anilines is 2. The third kappa shape index (κ3) is 3.36. The average Bonchev–Trinajstić information content (AvgIpc) is 3.41. The molecule has 0 spiro atoms. The van der Waals surface area contributed by atoms with E-state index in [1.54, 1.807) is 12.3 Å². The number of thiazole rings is 1. The fraction of sp³-hybridized carbons (Fsp3) is 0.263. The molecule has 0 atom stereocenters. The van der Waals surface area contributed by atoms with Crippen molar-refractivity contribution in [2.45, 2.75) is 26.3 Å². The Morgan fingerprint density at radius 3 is 2.89 bits per heavy atom. The van der Waals surface area contributed by atoms with E-state index in [1.807, 2.05) is 24.3 Å². The van der Waals surface area contributed by atoms with Gasteiger partial charge in [0, 0.05) is 29.1 Å². The summed E-state index contributed by atoms with van der Waals surface area (Å²) in [5.41, 5.74) is 7.08. The first-order valence-corrected chi connectivity index (χ1v) is 9.85. The van der Waals surface area contributed by atoms with Crippen molar-refractivity contribution >= 4 is 28.7 Å². The van der Waals surface area contributed by atoms with Crippen LogP contribution >= 0.6 is 11.3 Å². The van der Waals surface area contributed by atoms with Gasteiger partial charge in [0.2, 0.25) is 5.91 Å². The SMILES string of the molecule is CCn1c(N)c(-c2csc(-c3cccc(NC(=O)C4CC4)c3)n2)c(=O)[nH]c1=O. The molecule has 0 aliphatic heterocycles. The number of carbonyl (C=O) groups is 1. The number of H-pyrrole nitrogens is 1. The first-order chi connectivity index (χ1) is 13.5. The molecule has 1 aromatic carbocycles. The highest BCUT2D eigenvalue weighted by molar-refractivity contribution is 7.13. The van der Waals surface area contributed by atoms with E-state index in [9.17, 15) is 14.4 Å². The minimum atomic E-state index is -0.561.